The van der Waals surface area contributed by atoms with E-state index in [0.717, 1.165) is 0 Å². The number of alkyl halides is 3. The third-order valence-corrected chi connectivity index (χ3v) is 3.43. The molecule has 0 unspecified atom stereocenters. The lowest BCUT2D eigenvalue weighted by Gasteiger charge is -2.30. The summed E-state index contributed by atoms with van der Waals surface area (Å²) >= 11 is 5.76. The first-order valence-corrected chi connectivity index (χ1v) is 6.50. The molecule has 21 heavy (non-hydrogen) atoms. The third-order valence-electron chi connectivity index (χ3n) is 3.14. The normalized spacial score (nSPS) is 16.9. The molecule has 116 valence electrons. The summed E-state index contributed by atoms with van der Waals surface area (Å²) in [7, 11) is 0. The second-order valence-corrected chi connectivity index (χ2v) is 5.02. The number of piperidine rings is 1. The van der Waals surface area contributed by atoms with Crippen LogP contribution in [0.25, 0.3) is 0 Å². The molecule has 0 atom stereocenters. The summed E-state index contributed by atoms with van der Waals surface area (Å²) in [4.78, 5) is 12.0. The van der Waals surface area contributed by atoms with Gasteiger partial charge in [0.05, 0.1) is 5.02 Å². The minimum atomic E-state index is -4.60. The van der Waals surface area contributed by atoms with E-state index in [2.05, 4.69) is 15.5 Å². The molecule has 0 aromatic carbocycles. The monoisotopic (exact) mass is 324 g/mol. The number of hydrogen-bond acceptors (Lipinski definition) is 4. The van der Waals surface area contributed by atoms with Gasteiger partial charge in [-0.25, -0.2) is 4.79 Å². The molecule has 2 N–H and O–H groups in total. The zero-order valence-electron chi connectivity index (χ0n) is 10.7. The Balaban J connectivity index is 2.00. The Morgan fingerprint density at radius 3 is 2.48 bits per heavy atom. The average molecular weight is 325 g/mol. The molecule has 1 aromatic rings. The Hall–Kier alpha value is -1.77. The van der Waals surface area contributed by atoms with Gasteiger partial charge in [-0.2, -0.15) is 13.2 Å². The number of nitrogens with one attached hydrogen (secondary N) is 1. The number of amides is 1. The molecule has 2 rings (SSSR count). The van der Waals surface area contributed by atoms with Crippen molar-refractivity contribution in [3.8, 4) is 0 Å². The van der Waals surface area contributed by atoms with Crippen molar-refractivity contribution in [2.24, 2.45) is 0 Å². The number of likely N-dealkylation sites (tertiary alicyclic amines) is 1. The molecule has 10 heteroatoms. The third kappa shape index (κ3) is 3.87. The Bertz CT molecular complexity index is 533. The van der Waals surface area contributed by atoms with Gasteiger partial charge in [-0.1, -0.05) is 11.6 Å². The van der Waals surface area contributed by atoms with E-state index in [4.69, 9.17) is 16.7 Å². The fourth-order valence-electron chi connectivity index (χ4n) is 2.01. The fourth-order valence-corrected chi connectivity index (χ4v) is 2.21. The number of halogens is 4. The largest absolute Gasteiger partial charge is 0.465 e. The average Bonchev–Trinajstić information content (AvgIpc) is 2.40. The number of rotatable bonds is 2. The molecule has 0 spiro atoms. The van der Waals surface area contributed by atoms with Crippen LogP contribution in [0.2, 0.25) is 5.02 Å². The van der Waals surface area contributed by atoms with Crippen molar-refractivity contribution in [1.29, 1.82) is 0 Å². The van der Waals surface area contributed by atoms with Crippen molar-refractivity contribution in [1.82, 2.24) is 15.1 Å². The van der Waals surface area contributed by atoms with Crippen LogP contribution in [0.5, 0.6) is 0 Å². The Kier molecular flexibility index (Phi) is 4.40. The van der Waals surface area contributed by atoms with Crippen molar-refractivity contribution in [3.63, 3.8) is 0 Å². The summed E-state index contributed by atoms with van der Waals surface area (Å²) in [6, 6.07) is 0.604. The highest BCUT2D eigenvalue weighted by Gasteiger charge is 2.34. The van der Waals surface area contributed by atoms with E-state index in [1.165, 1.54) is 4.90 Å². The smallest absolute Gasteiger partial charge is 0.435 e. The van der Waals surface area contributed by atoms with Gasteiger partial charge in [0.25, 0.3) is 0 Å². The molecule has 0 aliphatic carbocycles. The fraction of sp³-hybridized carbons (Fsp3) is 0.545. The van der Waals surface area contributed by atoms with E-state index in [9.17, 15) is 18.0 Å². The first-order chi connectivity index (χ1) is 9.77. The van der Waals surface area contributed by atoms with Crippen LogP contribution in [-0.4, -0.2) is 45.4 Å². The molecule has 2 heterocycles. The van der Waals surface area contributed by atoms with Crippen LogP contribution < -0.4 is 5.32 Å². The van der Waals surface area contributed by atoms with Crippen molar-refractivity contribution < 1.29 is 23.1 Å². The van der Waals surface area contributed by atoms with Gasteiger partial charge < -0.3 is 15.3 Å². The summed E-state index contributed by atoms with van der Waals surface area (Å²) < 4.78 is 37.3. The van der Waals surface area contributed by atoms with Gasteiger partial charge >= 0.3 is 12.3 Å². The zero-order valence-corrected chi connectivity index (χ0v) is 11.4. The van der Waals surface area contributed by atoms with Gasteiger partial charge in [0.15, 0.2) is 11.5 Å². The lowest BCUT2D eigenvalue weighted by molar-refractivity contribution is -0.141. The van der Waals surface area contributed by atoms with Crippen LogP contribution in [0.1, 0.15) is 18.5 Å². The quantitative estimate of drug-likeness (QED) is 0.874. The highest BCUT2D eigenvalue weighted by atomic mass is 35.5. The highest BCUT2D eigenvalue weighted by Crippen LogP contribution is 2.31. The molecular formula is C11H12ClF3N4O2. The van der Waals surface area contributed by atoms with Crippen molar-refractivity contribution in [3.05, 3.63) is 16.8 Å². The van der Waals surface area contributed by atoms with Gasteiger partial charge in [-0.05, 0) is 18.9 Å². The van der Waals surface area contributed by atoms with E-state index in [-0.39, 0.29) is 16.9 Å². The van der Waals surface area contributed by atoms with Gasteiger partial charge in [-0.15, -0.1) is 10.2 Å². The predicted octanol–water partition coefficient (Wildman–Crippen LogP) is 2.70. The lowest BCUT2D eigenvalue weighted by Crippen LogP contribution is -2.41. The molecule has 1 aromatic heterocycles. The van der Waals surface area contributed by atoms with E-state index in [1.54, 1.807) is 0 Å². The lowest BCUT2D eigenvalue weighted by atomic mass is 10.1. The molecule has 1 aliphatic heterocycles. The predicted molar refractivity (Wildman–Crippen MR) is 68.3 cm³/mol. The molecule has 0 bridgehead atoms. The summed E-state index contributed by atoms with van der Waals surface area (Å²) in [5.41, 5.74) is -1.15. The number of carbonyl (C=O) groups is 1. The minimum absolute atomic E-state index is 0.0680. The summed E-state index contributed by atoms with van der Waals surface area (Å²) in [6.07, 6.45) is -4.54. The minimum Gasteiger partial charge on any atom is -0.465 e. The second-order valence-electron chi connectivity index (χ2n) is 4.61. The maximum atomic E-state index is 12.4. The molecule has 6 nitrogen and oxygen atoms in total. The molecule has 0 saturated carbocycles. The van der Waals surface area contributed by atoms with Crippen molar-refractivity contribution in [2.75, 3.05) is 18.4 Å². The molecule has 1 aliphatic rings. The standard InChI is InChI=1S/C11H12ClF3N4O2/c12-7-5-8(11(13,14)15)17-18-9(7)16-6-1-3-19(4-2-6)10(20)21/h5-6H,1-4H2,(H,16,18)(H,20,21). The van der Waals surface area contributed by atoms with Crippen LogP contribution in [-0.2, 0) is 6.18 Å². The molecule has 1 fully saturated rings. The van der Waals surface area contributed by atoms with Crippen LogP contribution >= 0.6 is 11.6 Å². The molecular weight excluding hydrogens is 313 g/mol. The maximum Gasteiger partial charge on any atom is 0.435 e. The van der Waals surface area contributed by atoms with Gasteiger partial charge in [-0.3, -0.25) is 0 Å². The van der Waals surface area contributed by atoms with Crippen LogP contribution in [0, 0.1) is 0 Å². The zero-order chi connectivity index (χ0) is 15.6. The van der Waals surface area contributed by atoms with E-state index in [1.807, 2.05) is 0 Å². The molecule has 0 radical (unpaired) electrons. The first kappa shape index (κ1) is 15.6. The number of carboxylic acid groups (broad SMARTS) is 1. The Morgan fingerprint density at radius 1 is 1.38 bits per heavy atom. The van der Waals surface area contributed by atoms with Gasteiger partial charge in [0.1, 0.15) is 0 Å². The second kappa shape index (κ2) is 5.92. The van der Waals surface area contributed by atoms with Gasteiger partial charge in [0, 0.05) is 19.1 Å². The maximum absolute atomic E-state index is 12.4. The van der Waals surface area contributed by atoms with Crippen molar-refractivity contribution >= 4 is 23.5 Å². The van der Waals surface area contributed by atoms with E-state index < -0.39 is 18.0 Å². The Morgan fingerprint density at radius 2 is 2.00 bits per heavy atom. The topological polar surface area (TPSA) is 78.4 Å². The number of nitrogens with zero attached hydrogens (tertiary/aromatic N) is 3. The summed E-state index contributed by atoms with van der Waals surface area (Å²) in [5.74, 6) is 0.0680. The molecule has 1 amide bonds. The van der Waals surface area contributed by atoms with E-state index in [0.29, 0.717) is 32.0 Å². The van der Waals surface area contributed by atoms with Crippen LogP contribution in [0.4, 0.5) is 23.8 Å². The number of anilines is 1. The Labute approximate surface area is 122 Å². The number of hydrogen-bond donors (Lipinski definition) is 2. The van der Waals surface area contributed by atoms with Gasteiger partial charge in [0.2, 0.25) is 0 Å². The van der Waals surface area contributed by atoms with Crippen LogP contribution in [0.3, 0.4) is 0 Å². The van der Waals surface area contributed by atoms with Crippen LogP contribution in [0.15, 0.2) is 6.07 Å². The molecule has 1 saturated heterocycles. The van der Waals surface area contributed by atoms with Crippen molar-refractivity contribution in [2.45, 2.75) is 25.1 Å². The van der Waals surface area contributed by atoms with E-state index >= 15 is 0 Å². The summed E-state index contributed by atoms with van der Waals surface area (Å²) in [5, 5.41) is 18.1. The first-order valence-electron chi connectivity index (χ1n) is 6.12. The highest BCUT2D eigenvalue weighted by molar-refractivity contribution is 6.32. The summed E-state index contributed by atoms with van der Waals surface area (Å²) in [6.45, 7) is 0.692. The number of aromatic nitrogens is 2. The SMILES string of the molecule is O=C(O)N1CCC(Nc2nnc(C(F)(F)F)cc2Cl)CC1.